The summed E-state index contributed by atoms with van der Waals surface area (Å²) < 4.78 is 26.5. The molecule has 0 amide bonds. The van der Waals surface area contributed by atoms with Gasteiger partial charge in [0.2, 0.25) is 9.84 Å². The zero-order valence-electron chi connectivity index (χ0n) is 14.0. The Bertz CT molecular complexity index is 999. The second-order valence-electron chi connectivity index (χ2n) is 5.78. The Morgan fingerprint density at radius 2 is 1.23 bits per heavy atom. The van der Waals surface area contributed by atoms with Crippen molar-refractivity contribution < 1.29 is 13.5 Å². The minimum Gasteiger partial charge on any atom is -0.506 e. The summed E-state index contributed by atoms with van der Waals surface area (Å²) in [5.41, 5.74) is 7.30. The number of aliphatic hydroxyl groups excluding tert-OH is 1. The topological polar surface area (TPSA) is 80.4 Å². The molecular weight excluding hydrogens is 346 g/mol. The molecule has 0 spiro atoms. The molecular formula is C21H19NO3S. The summed E-state index contributed by atoms with van der Waals surface area (Å²) in [5.74, 6) is -0.342. The summed E-state index contributed by atoms with van der Waals surface area (Å²) in [7, 11) is -3.99. The maximum Gasteiger partial charge on any atom is 0.208 e. The molecule has 3 N–H and O–H groups in total. The van der Waals surface area contributed by atoms with E-state index >= 15 is 0 Å². The highest BCUT2D eigenvalue weighted by atomic mass is 32.2. The molecule has 1 atom stereocenters. The molecule has 3 aromatic rings. The minimum absolute atomic E-state index is 0.0869. The van der Waals surface area contributed by atoms with Gasteiger partial charge in [-0.3, -0.25) is 0 Å². The Labute approximate surface area is 153 Å². The number of hydrogen-bond donors (Lipinski definition) is 2. The van der Waals surface area contributed by atoms with E-state index in [1.54, 1.807) is 72.8 Å². The summed E-state index contributed by atoms with van der Waals surface area (Å²) in [6.07, 6.45) is 0. The van der Waals surface area contributed by atoms with Crippen LogP contribution in [0.15, 0.2) is 101 Å². The van der Waals surface area contributed by atoms with Crippen molar-refractivity contribution >= 4 is 15.6 Å². The lowest BCUT2D eigenvalue weighted by Crippen LogP contribution is -2.21. The van der Waals surface area contributed by atoms with Gasteiger partial charge < -0.3 is 10.8 Å². The normalized spacial score (nSPS) is 13.7. The Hall–Kier alpha value is -2.89. The van der Waals surface area contributed by atoms with Crippen molar-refractivity contribution in [1.29, 1.82) is 0 Å². The van der Waals surface area contributed by atoms with E-state index < -0.39 is 15.9 Å². The monoisotopic (exact) mass is 365 g/mol. The van der Waals surface area contributed by atoms with Crippen LogP contribution < -0.4 is 5.73 Å². The summed E-state index contributed by atoms with van der Waals surface area (Å²) in [4.78, 5) is -0.134. The Balaban J connectivity index is 2.24. The minimum atomic E-state index is -3.99. The smallest absolute Gasteiger partial charge is 0.208 e. The number of hydrogen-bond acceptors (Lipinski definition) is 4. The third-order valence-corrected chi connectivity index (χ3v) is 5.98. The van der Waals surface area contributed by atoms with Crippen molar-refractivity contribution in [2.24, 2.45) is 5.73 Å². The van der Waals surface area contributed by atoms with Gasteiger partial charge in [-0.25, -0.2) is 8.42 Å². The summed E-state index contributed by atoms with van der Waals surface area (Å²) in [6.45, 7) is 0. The molecule has 0 saturated carbocycles. The Morgan fingerprint density at radius 3 is 1.77 bits per heavy atom. The van der Waals surface area contributed by atoms with E-state index in [9.17, 15) is 13.5 Å². The van der Waals surface area contributed by atoms with E-state index in [0.717, 1.165) is 0 Å². The van der Waals surface area contributed by atoms with Crippen LogP contribution >= 0.6 is 0 Å². The van der Waals surface area contributed by atoms with Crippen molar-refractivity contribution in [3.05, 3.63) is 107 Å². The number of sulfone groups is 1. The fourth-order valence-electron chi connectivity index (χ4n) is 2.72. The van der Waals surface area contributed by atoms with Crippen LogP contribution in [0.2, 0.25) is 0 Å². The van der Waals surface area contributed by atoms with Gasteiger partial charge in [0.1, 0.15) is 10.7 Å². The van der Waals surface area contributed by atoms with Crippen LogP contribution in [-0.2, 0) is 9.84 Å². The van der Waals surface area contributed by atoms with Gasteiger partial charge in [-0.15, -0.1) is 0 Å². The third kappa shape index (κ3) is 3.54. The first-order valence-electron chi connectivity index (χ1n) is 8.11. The average molecular weight is 365 g/mol. The van der Waals surface area contributed by atoms with Gasteiger partial charge in [-0.05, 0) is 17.7 Å². The maximum atomic E-state index is 13.3. The first kappa shape index (κ1) is 17.9. The Kier molecular flexibility index (Phi) is 5.21. The first-order chi connectivity index (χ1) is 12.5. The highest BCUT2D eigenvalue weighted by molar-refractivity contribution is 7.95. The Morgan fingerprint density at radius 1 is 0.769 bits per heavy atom. The van der Waals surface area contributed by atoms with E-state index in [-0.39, 0.29) is 15.6 Å². The van der Waals surface area contributed by atoms with Gasteiger partial charge in [0.25, 0.3) is 0 Å². The zero-order valence-corrected chi connectivity index (χ0v) is 14.8. The lowest BCUT2D eigenvalue weighted by molar-refractivity contribution is 0.503. The summed E-state index contributed by atoms with van der Waals surface area (Å²) >= 11 is 0. The quantitative estimate of drug-likeness (QED) is 0.668. The number of nitrogens with two attached hydrogens (primary N) is 1. The van der Waals surface area contributed by atoms with Crippen LogP contribution in [0.25, 0.3) is 5.76 Å². The van der Waals surface area contributed by atoms with E-state index in [0.29, 0.717) is 11.1 Å². The van der Waals surface area contributed by atoms with Crippen molar-refractivity contribution in [1.82, 2.24) is 0 Å². The van der Waals surface area contributed by atoms with Crippen LogP contribution in [0.1, 0.15) is 17.2 Å². The molecule has 0 saturated heterocycles. The lowest BCUT2D eigenvalue weighted by atomic mass is 10.0. The number of rotatable bonds is 5. The molecule has 4 nitrogen and oxygen atoms in total. The zero-order chi connectivity index (χ0) is 18.6. The summed E-state index contributed by atoms with van der Waals surface area (Å²) in [6, 6.07) is 24.4. The van der Waals surface area contributed by atoms with Crippen LogP contribution in [0.5, 0.6) is 0 Å². The number of aliphatic hydroxyl groups is 1. The van der Waals surface area contributed by atoms with Crippen LogP contribution in [0.4, 0.5) is 0 Å². The first-order valence-corrected chi connectivity index (χ1v) is 9.59. The van der Waals surface area contributed by atoms with Crippen LogP contribution in [0.3, 0.4) is 0 Å². The molecule has 0 aromatic heterocycles. The molecule has 3 rings (SSSR count). The van der Waals surface area contributed by atoms with Crippen molar-refractivity contribution in [2.45, 2.75) is 10.9 Å². The molecule has 1 unspecified atom stereocenters. The molecule has 0 radical (unpaired) electrons. The molecule has 0 bridgehead atoms. The van der Waals surface area contributed by atoms with E-state index in [4.69, 9.17) is 5.73 Å². The predicted molar refractivity (Wildman–Crippen MR) is 103 cm³/mol. The fourth-order valence-corrected chi connectivity index (χ4v) is 4.33. The molecule has 0 heterocycles. The van der Waals surface area contributed by atoms with Gasteiger partial charge in [-0.1, -0.05) is 78.9 Å². The second kappa shape index (κ2) is 7.56. The molecule has 3 aromatic carbocycles. The highest BCUT2D eigenvalue weighted by Gasteiger charge is 2.31. The standard InChI is InChI=1S/C21H19NO3S/c22-19(16-10-4-1-5-11-16)21(20(23)17-12-6-2-7-13-17)26(24,25)18-14-8-3-9-15-18/h1-15,19,23H,22H2/b21-20+. The van der Waals surface area contributed by atoms with Crippen LogP contribution in [-0.4, -0.2) is 13.5 Å². The number of benzene rings is 3. The summed E-state index contributed by atoms with van der Waals surface area (Å²) in [5, 5.41) is 10.8. The van der Waals surface area contributed by atoms with Gasteiger partial charge >= 0.3 is 0 Å². The SMILES string of the molecule is NC(/C(=C(\O)c1ccccc1)S(=O)(=O)c1ccccc1)c1ccccc1. The highest BCUT2D eigenvalue weighted by Crippen LogP contribution is 2.34. The third-order valence-electron chi connectivity index (χ3n) is 4.06. The fraction of sp³-hybridized carbons (Fsp3) is 0.0476. The van der Waals surface area contributed by atoms with Crippen molar-refractivity contribution in [2.75, 3.05) is 0 Å². The van der Waals surface area contributed by atoms with Crippen molar-refractivity contribution in [3.63, 3.8) is 0 Å². The second-order valence-corrected chi connectivity index (χ2v) is 7.70. The molecule has 132 valence electrons. The van der Waals surface area contributed by atoms with E-state index in [1.165, 1.54) is 12.1 Å². The van der Waals surface area contributed by atoms with Crippen molar-refractivity contribution in [3.8, 4) is 0 Å². The average Bonchev–Trinajstić information content (AvgIpc) is 2.70. The van der Waals surface area contributed by atoms with Gasteiger partial charge in [0, 0.05) is 5.56 Å². The molecule has 0 aliphatic rings. The maximum absolute atomic E-state index is 13.3. The van der Waals surface area contributed by atoms with Gasteiger partial charge in [0.15, 0.2) is 0 Å². The van der Waals surface area contributed by atoms with E-state index in [2.05, 4.69) is 0 Å². The molecule has 0 aliphatic carbocycles. The van der Waals surface area contributed by atoms with Crippen LogP contribution in [0, 0.1) is 0 Å². The lowest BCUT2D eigenvalue weighted by Gasteiger charge is -2.19. The molecule has 5 heteroatoms. The largest absolute Gasteiger partial charge is 0.506 e. The molecule has 0 fully saturated rings. The van der Waals surface area contributed by atoms with Gasteiger partial charge in [0.05, 0.1) is 10.9 Å². The molecule has 26 heavy (non-hydrogen) atoms. The predicted octanol–water partition coefficient (Wildman–Crippen LogP) is 4.09. The molecule has 0 aliphatic heterocycles. The van der Waals surface area contributed by atoms with Gasteiger partial charge in [-0.2, -0.15) is 0 Å². The van der Waals surface area contributed by atoms with E-state index in [1.807, 2.05) is 6.07 Å².